The predicted octanol–water partition coefficient (Wildman–Crippen LogP) is 9.95. The summed E-state index contributed by atoms with van der Waals surface area (Å²) in [6.07, 6.45) is 1.72. The third-order valence-electron chi connectivity index (χ3n) is 6.93. The molecule has 2 aromatic rings. The first-order chi connectivity index (χ1) is 19.8. The van der Waals surface area contributed by atoms with Crippen LogP contribution < -0.4 is 8.92 Å². The number of fused-ring (bicyclic) bond motifs is 1. The summed E-state index contributed by atoms with van der Waals surface area (Å²) >= 11 is -1.24. The molecule has 0 saturated heterocycles. The first-order valence-electron chi connectivity index (χ1n) is 13.6. The molecule has 0 bridgehead atoms. The lowest BCUT2D eigenvalue weighted by molar-refractivity contribution is -0.389. The van der Waals surface area contributed by atoms with Crippen LogP contribution >= 0.6 is 12.0 Å². The minimum atomic E-state index is -6.86. The van der Waals surface area contributed by atoms with Gasteiger partial charge in [-0.2, -0.15) is 35.1 Å². The van der Waals surface area contributed by atoms with Gasteiger partial charge in [0.1, 0.15) is 29.1 Å². The number of allylic oxidation sites excluding steroid dienone is 4. The van der Waals surface area contributed by atoms with E-state index < -0.39 is 40.9 Å². The van der Waals surface area contributed by atoms with Gasteiger partial charge in [-0.25, -0.2) is 0 Å². The highest BCUT2D eigenvalue weighted by Crippen LogP contribution is 2.55. The lowest BCUT2D eigenvalue weighted by Crippen LogP contribution is -2.61. The van der Waals surface area contributed by atoms with Gasteiger partial charge in [-0.1, -0.05) is 43.4 Å². The van der Waals surface area contributed by atoms with Crippen LogP contribution in [0.25, 0.3) is 0 Å². The Bertz CT molecular complexity index is 1310. The molecule has 43 heavy (non-hydrogen) atoms. The van der Waals surface area contributed by atoms with Gasteiger partial charge in [0.2, 0.25) is 0 Å². The molecular formula is C31H34F8O3S. The van der Waals surface area contributed by atoms with Crippen molar-refractivity contribution in [2.45, 2.75) is 88.6 Å². The number of aryl methyl sites for hydroxylation is 1. The molecule has 0 radical (unpaired) electrons. The van der Waals surface area contributed by atoms with Gasteiger partial charge in [-0.15, -0.1) is 0 Å². The molecule has 3 rings (SSSR count). The van der Waals surface area contributed by atoms with Gasteiger partial charge in [0.05, 0.1) is 0 Å². The Morgan fingerprint density at radius 2 is 1.53 bits per heavy atom. The summed E-state index contributed by atoms with van der Waals surface area (Å²) in [6.45, 7) is 9.78. The van der Waals surface area contributed by atoms with Crippen LogP contribution in [0, 0.1) is 5.92 Å². The molecule has 3 atom stereocenters. The monoisotopic (exact) mass is 638 g/mol. The molecule has 0 spiro atoms. The molecule has 238 valence electrons. The Hall–Kier alpha value is -2.73. The highest BCUT2D eigenvalue weighted by molar-refractivity contribution is 7.96. The molecule has 1 aliphatic carbocycles. The van der Waals surface area contributed by atoms with Crippen molar-refractivity contribution in [3.05, 3.63) is 83.0 Å². The number of rotatable bonds is 10. The number of ether oxygens (including phenoxy) is 1. The van der Waals surface area contributed by atoms with E-state index in [0.717, 1.165) is 41.5 Å². The van der Waals surface area contributed by atoms with Gasteiger partial charge in [-0.3, -0.25) is 0 Å². The average molecular weight is 639 g/mol. The maximum absolute atomic E-state index is 14.2. The molecule has 0 aliphatic heterocycles. The standard InChI is InChI=1S/C31H34F8O3S/c1-6-8-9-19(7-2)24-16-12-21-18-23(41-27(3,4)5)15-17-25(21)26(24)20-10-13-22(14-11-20)42-43-31(39,40)29(34,35)28(32,33)30(36,37)38/h7-11,13-15,17-18,24,26,40H,6,12,16H2,1-5H3/b9-8-,19-7+. The summed E-state index contributed by atoms with van der Waals surface area (Å²) in [7, 11) is 0. The smallest absolute Gasteiger partial charge is 0.460 e. The number of aliphatic hydroxyl groups is 1. The van der Waals surface area contributed by atoms with Gasteiger partial charge in [0.25, 0.3) is 0 Å². The number of alkyl halides is 8. The molecule has 3 nitrogen and oxygen atoms in total. The van der Waals surface area contributed by atoms with E-state index >= 15 is 0 Å². The van der Waals surface area contributed by atoms with Crippen molar-refractivity contribution in [2.24, 2.45) is 5.92 Å². The van der Waals surface area contributed by atoms with Crippen molar-refractivity contribution in [3.63, 3.8) is 0 Å². The second-order valence-electron chi connectivity index (χ2n) is 11.2. The zero-order valence-corrected chi connectivity index (χ0v) is 25.1. The quantitative estimate of drug-likeness (QED) is 0.122. The van der Waals surface area contributed by atoms with E-state index in [1.165, 1.54) is 12.1 Å². The normalized spacial score (nSPS) is 20.1. The van der Waals surface area contributed by atoms with Crippen LogP contribution in [0.5, 0.6) is 11.5 Å². The maximum atomic E-state index is 14.2. The van der Waals surface area contributed by atoms with Gasteiger partial charge in [-0.05, 0) is 99.4 Å². The maximum Gasteiger partial charge on any atom is 0.460 e. The summed E-state index contributed by atoms with van der Waals surface area (Å²) in [5.74, 6) is -13.2. The molecule has 1 N–H and O–H groups in total. The van der Waals surface area contributed by atoms with Crippen molar-refractivity contribution >= 4 is 12.0 Å². The average Bonchev–Trinajstić information content (AvgIpc) is 2.90. The van der Waals surface area contributed by atoms with Crippen LogP contribution in [-0.4, -0.2) is 33.9 Å². The predicted molar refractivity (Wildman–Crippen MR) is 150 cm³/mol. The molecule has 12 heteroatoms. The van der Waals surface area contributed by atoms with E-state index in [0.29, 0.717) is 5.75 Å². The number of benzene rings is 2. The lowest BCUT2D eigenvalue weighted by atomic mass is 9.69. The van der Waals surface area contributed by atoms with Crippen molar-refractivity contribution in [1.29, 1.82) is 0 Å². The van der Waals surface area contributed by atoms with Crippen LogP contribution in [0.3, 0.4) is 0 Å². The van der Waals surface area contributed by atoms with Crippen molar-refractivity contribution in [1.82, 2.24) is 0 Å². The number of halogens is 8. The Morgan fingerprint density at radius 1 is 0.930 bits per heavy atom. The fraction of sp³-hybridized carbons (Fsp3) is 0.484. The summed E-state index contributed by atoms with van der Waals surface area (Å²) in [5.41, 5.74) is 3.56. The first-order valence-corrected chi connectivity index (χ1v) is 14.3. The summed E-state index contributed by atoms with van der Waals surface area (Å²) in [5, 5.41) is 3.87. The third kappa shape index (κ3) is 7.50. The van der Waals surface area contributed by atoms with Crippen LogP contribution in [0.15, 0.2) is 66.3 Å². The van der Waals surface area contributed by atoms with E-state index in [1.54, 1.807) is 12.1 Å². The van der Waals surface area contributed by atoms with E-state index in [4.69, 9.17) is 4.74 Å². The molecular weight excluding hydrogens is 604 g/mol. The van der Waals surface area contributed by atoms with Crippen LogP contribution in [0.1, 0.15) is 70.1 Å². The Labute approximate surface area is 250 Å². The van der Waals surface area contributed by atoms with Gasteiger partial charge < -0.3 is 14.0 Å². The van der Waals surface area contributed by atoms with Gasteiger partial charge >= 0.3 is 23.2 Å². The molecule has 0 heterocycles. The second-order valence-corrected chi connectivity index (χ2v) is 12.1. The topological polar surface area (TPSA) is 38.7 Å². The molecule has 0 aromatic heterocycles. The van der Waals surface area contributed by atoms with Gasteiger partial charge in [0, 0.05) is 5.92 Å². The second kappa shape index (κ2) is 12.7. The van der Waals surface area contributed by atoms with Crippen molar-refractivity contribution < 1.29 is 49.1 Å². The highest BCUT2D eigenvalue weighted by atomic mass is 32.2. The summed E-state index contributed by atoms with van der Waals surface area (Å²) < 4.78 is 116. The summed E-state index contributed by atoms with van der Waals surface area (Å²) in [4.78, 5) is 0. The minimum absolute atomic E-state index is 0.0371. The molecule has 0 amide bonds. The van der Waals surface area contributed by atoms with Crippen LogP contribution in [-0.2, 0) is 6.42 Å². The molecule has 0 saturated carbocycles. The third-order valence-corrected chi connectivity index (χ3v) is 7.69. The molecule has 0 fully saturated rings. The Balaban J connectivity index is 1.93. The lowest BCUT2D eigenvalue weighted by Gasteiger charge is -2.36. The molecule has 2 aromatic carbocycles. The number of hydrogen-bond donors (Lipinski definition) is 1. The first kappa shape index (κ1) is 34.8. The largest absolute Gasteiger partial charge is 0.488 e. The zero-order chi connectivity index (χ0) is 32.4. The molecule has 3 unspecified atom stereocenters. The number of hydrogen-bond acceptors (Lipinski definition) is 4. The highest BCUT2D eigenvalue weighted by Gasteiger charge is 2.82. The van der Waals surface area contributed by atoms with E-state index in [2.05, 4.69) is 10.3 Å². The van der Waals surface area contributed by atoms with Crippen LogP contribution in [0.2, 0.25) is 0 Å². The van der Waals surface area contributed by atoms with E-state index in [-0.39, 0.29) is 17.6 Å². The molecule has 1 aliphatic rings. The van der Waals surface area contributed by atoms with Crippen molar-refractivity contribution in [2.75, 3.05) is 0 Å². The van der Waals surface area contributed by atoms with Crippen molar-refractivity contribution in [3.8, 4) is 11.5 Å². The Kier molecular flexibility index (Phi) is 10.3. The van der Waals surface area contributed by atoms with E-state index in [9.17, 15) is 40.2 Å². The Morgan fingerprint density at radius 3 is 2.07 bits per heavy atom. The summed E-state index contributed by atoms with van der Waals surface area (Å²) in [6, 6.07) is 11.5. The fourth-order valence-corrected chi connectivity index (χ4v) is 5.48. The van der Waals surface area contributed by atoms with E-state index in [1.807, 2.05) is 65.0 Å². The fourth-order valence-electron chi connectivity index (χ4n) is 4.93. The zero-order valence-electron chi connectivity index (χ0n) is 24.2. The van der Waals surface area contributed by atoms with Gasteiger partial charge in [0.15, 0.2) is 0 Å². The van der Waals surface area contributed by atoms with Crippen LogP contribution in [0.4, 0.5) is 35.1 Å². The minimum Gasteiger partial charge on any atom is -0.488 e. The SMILES string of the molecule is C/C=C(\C=C/CC)C1CCc2cc(OC(C)(C)C)ccc2C1c1ccc(OSC(O)(F)C(F)(F)C(F)(F)C(F)(F)F)cc1.